The van der Waals surface area contributed by atoms with Crippen LogP contribution in [-0.4, -0.2) is 21.7 Å². The highest BCUT2D eigenvalue weighted by atomic mass is 16.2. The van der Waals surface area contributed by atoms with Crippen molar-refractivity contribution in [3.63, 3.8) is 0 Å². The number of carbonyl (C=O) groups is 1. The molecule has 128 valence electrons. The third-order valence-electron chi connectivity index (χ3n) is 4.33. The SMILES string of the molecule is CCC(CC)NC(=O)c1cc(-c2ccccc2)nn1-c1ccccc1. The highest BCUT2D eigenvalue weighted by Crippen LogP contribution is 2.21. The van der Waals surface area contributed by atoms with Crippen LogP contribution in [0.15, 0.2) is 66.7 Å². The average molecular weight is 333 g/mol. The second kappa shape index (κ2) is 7.79. The highest BCUT2D eigenvalue weighted by Gasteiger charge is 2.19. The van der Waals surface area contributed by atoms with Crippen molar-refractivity contribution in [3.8, 4) is 16.9 Å². The van der Waals surface area contributed by atoms with Crippen molar-refractivity contribution in [1.29, 1.82) is 0 Å². The van der Waals surface area contributed by atoms with Gasteiger partial charge >= 0.3 is 0 Å². The largest absolute Gasteiger partial charge is 0.348 e. The van der Waals surface area contributed by atoms with Gasteiger partial charge in [0.05, 0.1) is 11.4 Å². The molecule has 1 heterocycles. The van der Waals surface area contributed by atoms with E-state index in [0.29, 0.717) is 5.69 Å². The molecule has 0 spiro atoms. The van der Waals surface area contributed by atoms with Gasteiger partial charge in [-0.2, -0.15) is 5.10 Å². The maximum Gasteiger partial charge on any atom is 0.270 e. The van der Waals surface area contributed by atoms with Crippen molar-refractivity contribution in [2.24, 2.45) is 0 Å². The van der Waals surface area contributed by atoms with E-state index in [1.165, 1.54) is 0 Å². The van der Waals surface area contributed by atoms with E-state index in [4.69, 9.17) is 0 Å². The van der Waals surface area contributed by atoms with Gasteiger partial charge in [-0.3, -0.25) is 4.79 Å². The molecule has 0 radical (unpaired) electrons. The minimum Gasteiger partial charge on any atom is -0.348 e. The molecule has 0 aliphatic carbocycles. The summed E-state index contributed by atoms with van der Waals surface area (Å²) in [5.41, 5.74) is 3.21. The fraction of sp³-hybridized carbons (Fsp3) is 0.238. The molecule has 0 atom stereocenters. The van der Waals surface area contributed by atoms with Crippen molar-refractivity contribution >= 4 is 5.91 Å². The fourth-order valence-electron chi connectivity index (χ4n) is 2.81. The maximum absolute atomic E-state index is 12.8. The van der Waals surface area contributed by atoms with Crippen LogP contribution in [-0.2, 0) is 0 Å². The summed E-state index contributed by atoms with van der Waals surface area (Å²) in [6.07, 6.45) is 1.82. The zero-order valence-electron chi connectivity index (χ0n) is 14.6. The van der Waals surface area contributed by atoms with Crippen molar-refractivity contribution in [2.45, 2.75) is 32.7 Å². The van der Waals surface area contributed by atoms with E-state index in [0.717, 1.165) is 29.8 Å². The van der Waals surface area contributed by atoms with Gasteiger partial charge < -0.3 is 5.32 Å². The zero-order valence-corrected chi connectivity index (χ0v) is 14.6. The molecule has 4 nitrogen and oxygen atoms in total. The average Bonchev–Trinajstić information content (AvgIpc) is 3.13. The predicted octanol–water partition coefficient (Wildman–Crippen LogP) is 4.46. The Morgan fingerprint density at radius 1 is 1.00 bits per heavy atom. The zero-order chi connectivity index (χ0) is 17.6. The number of aromatic nitrogens is 2. The Labute approximate surface area is 148 Å². The quantitative estimate of drug-likeness (QED) is 0.724. The topological polar surface area (TPSA) is 46.9 Å². The molecule has 3 rings (SSSR count). The Balaban J connectivity index is 2.03. The molecule has 0 unspecified atom stereocenters. The molecule has 4 heteroatoms. The number of nitrogens with zero attached hydrogens (tertiary/aromatic N) is 2. The molecule has 0 saturated carbocycles. The van der Waals surface area contributed by atoms with Gasteiger partial charge in [0.2, 0.25) is 0 Å². The lowest BCUT2D eigenvalue weighted by Crippen LogP contribution is -2.35. The summed E-state index contributed by atoms with van der Waals surface area (Å²) in [7, 11) is 0. The van der Waals surface area contributed by atoms with E-state index >= 15 is 0 Å². The summed E-state index contributed by atoms with van der Waals surface area (Å²) >= 11 is 0. The van der Waals surface area contributed by atoms with Gasteiger partial charge in [0.15, 0.2) is 0 Å². The predicted molar refractivity (Wildman–Crippen MR) is 101 cm³/mol. The smallest absolute Gasteiger partial charge is 0.270 e. The number of para-hydroxylation sites is 1. The van der Waals surface area contributed by atoms with E-state index < -0.39 is 0 Å². The van der Waals surface area contributed by atoms with Crippen LogP contribution in [0.2, 0.25) is 0 Å². The van der Waals surface area contributed by atoms with Crippen LogP contribution >= 0.6 is 0 Å². The van der Waals surface area contributed by atoms with Crippen molar-refractivity contribution in [3.05, 3.63) is 72.4 Å². The number of amides is 1. The molecule has 1 aromatic heterocycles. The lowest BCUT2D eigenvalue weighted by atomic mass is 10.1. The van der Waals surface area contributed by atoms with Crippen LogP contribution in [0, 0.1) is 0 Å². The van der Waals surface area contributed by atoms with E-state index in [1.807, 2.05) is 66.7 Å². The standard InChI is InChI=1S/C21H23N3O/c1-3-17(4-2)22-21(25)20-15-19(16-11-7-5-8-12-16)23-24(20)18-13-9-6-10-14-18/h5-15,17H,3-4H2,1-2H3,(H,22,25). The van der Waals surface area contributed by atoms with Gasteiger partial charge in [0, 0.05) is 11.6 Å². The molecule has 0 fully saturated rings. The molecule has 0 saturated heterocycles. The summed E-state index contributed by atoms with van der Waals surface area (Å²) in [4.78, 5) is 12.8. The van der Waals surface area contributed by atoms with Crippen LogP contribution in [0.4, 0.5) is 0 Å². The number of hydrogen-bond acceptors (Lipinski definition) is 2. The van der Waals surface area contributed by atoms with Gasteiger partial charge in [0.25, 0.3) is 5.91 Å². The molecular formula is C21H23N3O. The van der Waals surface area contributed by atoms with Gasteiger partial charge in [-0.25, -0.2) is 4.68 Å². The van der Waals surface area contributed by atoms with E-state index in [-0.39, 0.29) is 11.9 Å². The summed E-state index contributed by atoms with van der Waals surface area (Å²) < 4.78 is 1.72. The molecule has 2 aromatic carbocycles. The Morgan fingerprint density at radius 2 is 1.60 bits per heavy atom. The Morgan fingerprint density at radius 3 is 2.20 bits per heavy atom. The van der Waals surface area contributed by atoms with Crippen molar-refractivity contribution in [1.82, 2.24) is 15.1 Å². The molecule has 0 aliphatic rings. The molecule has 3 aromatic rings. The first kappa shape index (κ1) is 17.0. The molecule has 0 aliphatic heterocycles. The number of benzene rings is 2. The van der Waals surface area contributed by atoms with Crippen LogP contribution in [0.1, 0.15) is 37.2 Å². The van der Waals surface area contributed by atoms with E-state index in [2.05, 4.69) is 24.3 Å². The van der Waals surface area contributed by atoms with E-state index in [1.54, 1.807) is 4.68 Å². The third-order valence-corrected chi connectivity index (χ3v) is 4.33. The molecule has 0 bridgehead atoms. The number of carbonyl (C=O) groups excluding carboxylic acids is 1. The Bertz CT molecular complexity index is 821. The number of nitrogens with one attached hydrogen (secondary N) is 1. The Hall–Kier alpha value is -2.88. The minimum absolute atomic E-state index is 0.0905. The third kappa shape index (κ3) is 3.79. The second-order valence-electron chi connectivity index (χ2n) is 6.02. The minimum atomic E-state index is -0.0905. The van der Waals surface area contributed by atoms with Crippen LogP contribution in [0.5, 0.6) is 0 Å². The number of hydrogen-bond donors (Lipinski definition) is 1. The molecule has 1 N–H and O–H groups in total. The molecular weight excluding hydrogens is 310 g/mol. The lowest BCUT2D eigenvalue weighted by Gasteiger charge is -2.15. The highest BCUT2D eigenvalue weighted by molar-refractivity contribution is 5.94. The summed E-state index contributed by atoms with van der Waals surface area (Å²) in [5.74, 6) is -0.0905. The molecule has 25 heavy (non-hydrogen) atoms. The first-order chi connectivity index (χ1) is 12.2. The summed E-state index contributed by atoms with van der Waals surface area (Å²) in [5, 5.41) is 7.79. The van der Waals surface area contributed by atoms with Gasteiger partial charge in [-0.05, 0) is 31.0 Å². The van der Waals surface area contributed by atoms with Crippen LogP contribution in [0.3, 0.4) is 0 Å². The second-order valence-corrected chi connectivity index (χ2v) is 6.02. The van der Waals surface area contributed by atoms with Crippen molar-refractivity contribution < 1.29 is 4.79 Å². The van der Waals surface area contributed by atoms with Crippen LogP contribution in [0.25, 0.3) is 16.9 Å². The maximum atomic E-state index is 12.8. The van der Waals surface area contributed by atoms with Gasteiger partial charge in [0.1, 0.15) is 5.69 Å². The normalized spacial score (nSPS) is 10.8. The summed E-state index contributed by atoms with van der Waals surface area (Å²) in [6.45, 7) is 4.16. The van der Waals surface area contributed by atoms with E-state index in [9.17, 15) is 4.79 Å². The van der Waals surface area contributed by atoms with Gasteiger partial charge in [-0.15, -0.1) is 0 Å². The lowest BCUT2D eigenvalue weighted by molar-refractivity contribution is 0.0927. The summed E-state index contributed by atoms with van der Waals surface area (Å²) in [6, 6.07) is 21.7. The number of rotatable bonds is 6. The monoisotopic (exact) mass is 333 g/mol. The van der Waals surface area contributed by atoms with Gasteiger partial charge in [-0.1, -0.05) is 62.4 Å². The first-order valence-corrected chi connectivity index (χ1v) is 8.74. The first-order valence-electron chi connectivity index (χ1n) is 8.74. The fourth-order valence-corrected chi connectivity index (χ4v) is 2.81. The molecule has 1 amide bonds. The Kier molecular flexibility index (Phi) is 5.29. The van der Waals surface area contributed by atoms with Crippen LogP contribution < -0.4 is 5.32 Å². The van der Waals surface area contributed by atoms with Crippen molar-refractivity contribution in [2.75, 3.05) is 0 Å².